The van der Waals surface area contributed by atoms with E-state index in [2.05, 4.69) is 71.9 Å². The van der Waals surface area contributed by atoms with Crippen LogP contribution >= 0.6 is 27.0 Å². The van der Waals surface area contributed by atoms with E-state index in [0.29, 0.717) is 10.3 Å². The van der Waals surface area contributed by atoms with Crippen molar-refractivity contribution >= 4 is 32.3 Å². The number of hydrogen-bond acceptors (Lipinski definition) is 0. The van der Waals surface area contributed by atoms with E-state index in [-0.39, 0.29) is 23.9 Å². The fourth-order valence-electron chi connectivity index (χ4n) is 2.36. The normalized spacial score (nSPS) is 12.3. The first kappa shape index (κ1) is 18.9. The van der Waals surface area contributed by atoms with Crippen molar-refractivity contribution in [2.45, 2.75) is 51.9 Å². The molecule has 0 unspecified atom stereocenters. The number of halogens is 2. The predicted molar refractivity (Wildman–Crippen MR) is 84.2 cm³/mol. The second kappa shape index (κ2) is 8.24. The molecule has 0 N–H and O–H groups in total. The number of hydrogen-bond donors (Lipinski definition) is 0. The molecule has 0 aliphatic carbocycles. The minimum absolute atomic E-state index is 0.106. The summed E-state index contributed by atoms with van der Waals surface area (Å²) >= 11 is -0.106. The second-order valence-corrected chi connectivity index (χ2v) is 12.3. The Labute approximate surface area is 130 Å². The summed E-state index contributed by atoms with van der Waals surface area (Å²) in [6.07, 6.45) is 0. The van der Waals surface area contributed by atoms with Crippen LogP contribution in [0, 0.1) is 0 Å². The molecule has 0 fully saturated rings. The van der Waals surface area contributed by atoms with Crippen molar-refractivity contribution in [3.05, 3.63) is 30.3 Å². The first-order chi connectivity index (χ1) is 8.14. The predicted octanol–water partition coefficient (Wildman–Crippen LogP) is 5.77. The molecule has 0 bridgehead atoms. The topological polar surface area (TPSA) is 0 Å². The fraction of sp³-hybridized carbons (Fsp3) is 0.571. The van der Waals surface area contributed by atoms with Crippen LogP contribution in [0.4, 0.5) is 0 Å². The van der Waals surface area contributed by atoms with Gasteiger partial charge in [-0.15, -0.1) is 0 Å². The van der Waals surface area contributed by atoms with Gasteiger partial charge in [0.15, 0.2) is 0 Å². The Hall–Kier alpha value is 0.892. The average molecular weight is 400 g/mol. The van der Waals surface area contributed by atoms with Crippen molar-refractivity contribution in [1.29, 1.82) is 0 Å². The van der Waals surface area contributed by atoms with Gasteiger partial charge in [-0.3, -0.25) is 0 Å². The molecule has 0 saturated carbocycles. The molecule has 0 nitrogen and oxygen atoms in total. The third kappa shape index (κ3) is 6.89. The maximum atomic E-state index is 4.81. The van der Waals surface area contributed by atoms with Gasteiger partial charge in [0.05, 0.1) is 0 Å². The molecular weight excluding hydrogens is 376 g/mol. The van der Waals surface area contributed by atoms with E-state index in [4.69, 9.17) is 19.1 Å². The summed E-state index contributed by atoms with van der Waals surface area (Å²) in [5.41, 5.74) is 0. The third-order valence-electron chi connectivity index (χ3n) is 2.36. The monoisotopic (exact) mass is 398 g/mol. The molecule has 1 aromatic rings. The van der Waals surface area contributed by atoms with E-state index in [0.717, 1.165) is 0 Å². The number of benzene rings is 1. The Kier molecular flexibility index (Phi) is 8.65. The molecule has 0 saturated heterocycles. The van der Waals surface area contributed by atoms with Gasteiger partial charge in [-0.05, 0) is 15.6 Å². The van der Waals surface area contributed by atoms with Gasteiger partial charge in [-0.25, -0.2) is 0 Å². The van der Waals surface area contributed by atoms with Gasteiger partial charge in [0, 0.05) is 0 Å². The van der Waals surface area contributed by atoms with Crippen molar-refractivity contribution in [2.24, 2.45) is 0 Å². The van der Waals surface area contributed by atoms with E-state index in [1.807, 2.05) is 0 Å². The van der Waals surface area contributed by atoms with Crippen LogP contribution in [0.1, 0.15) is 41.5 Å². The van der Waals surface area contributed by atoms with Crippen LogP contribution in [0.25, 0.3) is 0 Å². The Morgan fingerprint density at radius 1 is 0.833 bits per heavy atom. The van der Waals surface area contributed by atoms with E-state index < -0.39 is 0 Å². The van der Waals surface area contributed by atoms with Crippen molar-refractivity contribution in [1.82, 2.24) is 0 Å². The summed E-state index contributed by atoms with van der Waals surface area (Å²) in [7, 11) is 9.49. The molecule has 0 aliphatic heterocycles. The van der Waals surface area contributed by atoms with Crippen LogP contribution in [0.5, 0.6) is 0 Å². The standard InChI is InChI=1S/C14H23P.2ClH.Pd/c1-13(2,3)15(14(4,5)6)12-10-8-7-9-11-12;;;/h7-11H,1-6H3;2*1H;/q;;;+2/p-2. The number of rotatable bonds is 1. The molecule has 0 spiro atoms. The summed E-state index contributed by atoms with van der Waals surface area (Å²) in [6.45, 7) is 14.1. The van der Waals surface area contributed by atoms with E-state index in [1.165, 1.54) is 5.30 Å². The maximum absolute atomic E-state index is 4.81. The molecule has 0 amide bonds. The molecule has 0 aromatic heterocycles. The SMILES string of the molecule is CC(C)(C)P(c1ccccc1)C(C)(C)C.[Cl][Pd][Cl]. The van der Waals surface area contributed by atoms with E-state index in [1.54, 1.807) is 0 Å². The quantitative estimate of drug-likeness (QED) is 0.415. The molecule has 0 heterocycles. The van der Waals surface area contributed by atoms with E-state index in [9.17, 15) is 0 Å². The third-order valence-corrected chi connectivity index (χ3v) is 5.85. The van der Waals surface area contributed by atoms with Crippen LogP contribution in [0.2, 0.25) is 0 Å². The Bertz CT molecular complexity index is 314. The summed E-state index contributed by atoms with van der Waals surface area (Å²) in [5, 5.41) is 2.26. The molecule has 4 heteroatoms. The first-order valence-electron chi connectivity index (χ1n) is 5.82. The van der Waals surface area contributed by atoms with Gasteiger partial charge in [0.2, 0.25) is 0 Å². The van der Waals surface area contributed by atoms with Crippen molar-refractivity contribution < 1.29 is 15.9 Å². The van der Waals surface area contributed by atoms with Gasteiger partial charge in [0.25, 0.3) is 0 Å². The second-order valence-electron chi connectivity index (χ2n) is 6.06. The van der Waals surface area contributed by atoms with Crippen LogP contribution in [-0.4, -0.2) is 10.3 Å². The van der Waals surface area contributed by atoms with Gasteiger partial charge < -0.3 is 0 Å². The first-order valence-corrected chi connectivity index (χ1v) is 11.2. The van der Waals surface area contributed by atoms with Crippen molar-refractivity contribution in [2.75, 3.05) is 0 Å². The Morgan fingerprint density at radius 3 is 1.44 bits per heavy atom. The van der Waals surface area contributed by atoms with Crippen LogP contribution in [0.15, 0.2) is 30.3 Å². The molecule has 108 valence electrons. The minimum atomic E-state index is -0.138. The summed E-state index contributed by atoms with van der Waals surface area (Å²) < 4.78 is 0. The summed E-state index contributed by atoms with van der Waals surface area (Å²) in [6, 6.07) is 11.0. The van der Waals surface area contributed by atoms with Gasteiger partial charge >= 0.3 is 35.0 Å². The van der Waals surface area contributed by atoms with Crippen molar-refractivity contribution in [3.8, 4) is 0 Å². The zero-order chi connectivity index (χ0) is 14.4. The zero-order valence-electron chi connectivity index (χ0n) is 11.9. The average Bonchev–Trinajstić information content (AvgIpc) is 2.15. The molecule has 1 aromatic carbocycles. The molecular formula is C14H23Cl2PPd. The van der Waals surface area contributed by atoms with Crippen molar-refractivity contribution in [3.63, 3.8) is 0 Å². The molecule has 0 radical (unpaired) electrons. The fourth-order valence-corrected chi connectivity index (χ4v) is 6.39. The zero-order valence-corrected chi connectivity index (χ0v) is 15.9. The molecule has 1 rings (SSSR count). The Balaban J connectivity index is 0.000000873. The van der Waals surface area contributed by atoms with Gasteiger partial charge in [-0.2, -0.15) is 0 Å². The summed E-state index contributed by atoms with van der Waals surface area (Å²) in [5.74, 6) is 0. The molecule has 18 heavy (non-hydrogen) atoms. The van der Waals surface area contributed by atoms with Crippen LogP contribution < -0.4 is 5.30 Å². The van der Waals surface area contributed by atoms with E-state index >= 15 is 0 Å². The van der Waals surface area contributed by atoms with Crippen LogP contribution in [-0.2, 0) is 15.9 Å². The summed E-state index contributed by atoms with van der Waals surface area (Å²) in [4.78, 5) is 0. The molecule has 0 atom stereocenters. The Morgan fingerprint density at radius 2 is 1.17 bits per heavy atom. The van der Waals surface area contributed by atoms with Gasteiger partial charge in [-0.1, -0.05) is 79.8 Å². The van der Waals surface area contributed by atoms with Gasteiger partial charge in [0.1, 0.15) is 0 Å². The van der Waals surface area contributed by atoms with Crippen LogP contribution in [0.3, 0.4) is 0 Å². The molecule has 0 aliphatic rings.